The number of aliphatic hydroxyl groups excluding tert-OH is 1. The second-order valence-corrected chi connectivity index (χ2v) is 3.95. The van der Waals surface area contributed by atoms with Crippen LogP contribution in [0.1, 0.15) is 32.1 Å². The molecule has 12 heavy (non-hydrogen) atoms. The van der Waals surface area contributed by atoms with Crippen LogP contribution in [0.15, 0.2) is 4.99 Å². The summed E-state index contributed by atoms with van der Waals surface area (Å²) in [6.07, 6.45) is 4.82. The van der Waals surface area contributed by atoms with Crippen LogP contribution in [0.25, 0.3) is 0 Å². The van der Waals surface area contributed by atoms with Crippen LogP contribution in [0.4, 0.5) is 0 Å². The Morgan fingerprint density at radius 3 is 3.00 bits per heavy atom. The van der Waals surface area contributed by atoms with Crippen LogP contribution in [0, 0.1) is 5.92 Å². The van der Waals surface area contributed by atoms with Crippen molar-refractivity contribution in [2.75, 3.05) is 0 Å². The molecule has 0 aromatic carbocycles. The van der Waals surface area contributed by atoms with Crippen LogP contribution in [-0.2, 0) is 0 Å². The third-order valence-corrected chi connectivity index (χ3v) is 3.02. The highest BCUT2D eigenvalue weighted by Gasteiger charge is 2.31. The molecule has 0 amide bonds. The Balaban J connectivity index is 2.05. The molecule has 1 aliphatic heterocycles. The van der Waals surface area contributed by atoms with Crippen molar-refractivity contribution in [2.24, 2.45) is 16.6 Å². The molecule has 3 N–H and O–H groups in total. The van der Waals surface area contributed by atoms with Crippen LogP contribution >= 0.6 is 0 Å². The SMILES string of the molecule is NC1=N[C@@H]2CCC(O)C[C@@H]2CC1. The first kappa shape index (κ1) is 8.05. The maximum absolute atomic E-state index is 9.43. The monoisotopic (exact) mass is 168 g/mol. The highest BCUT2D eigenvalue weighted by Crippen LogP contribution is 2.33. The van der Waals surface area contributed by atoms with Crippen molar-refractivity contribution in [1.29, 1.82) is 0 Å². The smallest absolute Gasteiger partial charge is 0.0940 e. The maximum Gasteiger partial charge on any atom is 0.0940 e. The van der Waals surface area contributed by atoms with Crippen molar-refractivity contribution in [2.45, 2.75) is 44.2 Å². The molecule has 0 aromatic heterocycles. The van der Waals surface area contributed by atoms with E-state index in [2.05, 4.69) is 4.99 Å². The number of nitrogens with two attached hydrogens (primary N) is 1. The molecule has 1 saturated carbocycles. The van der Waals surface area contributed by atoms with Crippen molar-refractivity contribution in [3.05, 3.63) is 0 Å². The summed E-state index contributed by atoms with van der Waals surface area (Å²) in [7, 11) is 0. The van der Waals surface area contributed by atoms with Crippen LogP contribution in [0.5, 0.6) is 0 Å². The van der Waals surface area contributed by atoms with E-state index in [0.717, 1.165) is 37.9 Å². The molecule has 1 unspecified atom stereocenters. The first-order chi connectivity index (χ1) is 5.75. The number of hydrogen-bond donors (Lipinski definition) is 2. The Labute approximate surface area is 72.7 Å². The Hall–Kier alpha value is -0.570. The fourth-order valence-corrected chi connectivity index (χ4v) is 2.31. The van der Waals surface area contributed by atoms with E-state index >= 15 is 0 Å². The molecule has 3 nitrogen and oxygen atoms in total. The molecule has 0 radical (unpaired) electrons. The summed E-state index contributed by atoms with van der Waals surface area (Å²) in [4.78, 5) is 4.42. The van der Waals surface area contributed by atoms with E-state index in [-0.39, 0.29) is 6.10 Å². The fraction of sp³-hybridized carbons (Fsp3) is 0.889. The van der Waals surface area contributed by atoms with E-state index in [4.69, 9.17) is 5.73 Å². The van der Waals surface area contributed by atoms with Crippen LogP contribution < -0.4 is 5.73 Å². The van der Waals surface area contributed by atoms with E-state index in [0.29, 0.717) is 12.0 Å². The average Bonchev–Trinajstić information content (AvgIpc) is 2.05. The molecular formula is C9H16N2O. The Bertz CT molecular complexity index is 203. The lowest BCUT2D eigenvalue weighted by atomic mass is 9.79. The van der Waals surface area contributed by atoms with Crippen molar-refractivity contribution in [1.82, 2.24) is 0 Å². The van der Waals surface area contributed by atoms with Gasteiger partial charge in [0.1, 0.15) is 0 Å². The molecule has 68 valence electrons. The lowest BCUT2D eigenvalue weighted by Crippen LogP contribution is -2.36. The normalized spacial score (nSPS) is 41.8. The summed E-state index contributed by atoms with van der Waals surface area (Å²) < 4.78 is 0. The third-order valence-electron chi connectivity index (χ3n) is 3.02. The zero-order valence-corrected chi connectivity index (χ0v) is 7.24. The summed E-state index contributed by atoms with van der Waals surface area (Å²) in [5, 5.41) is 9.43. The molecule has 0 spiro atoms. The predicted molar refractivity (Wildman–Crippen MR) is 48.0 cm³/mol. The summed E-state index contributed by atoms with van der Waals surface area (Å²) in [5.41, 5.74) is 5.66. The minimum absolute atomic E-state index is 0.0826. The number of fused-ring (bicyclic) bond motifs is 1. The van der Waals surface area contributed by atoms with Crippen LogP contribution in [0.2, 0.25) is 0 Å². The molecule has 3 atom stereocenters. The van der Waals surface area contributed by atoms with Gasteiger partial charge in [-0.05, 0) is 31.6 Å². The van der Waals surface area contributed by atoms with Crippen molar-refractivity contribution >= 4 is 5.84 Å². The largest absolute Gasteiger partial charge is 0.393 e. The maximum atomic E-state index is 9.43. The van der Waals surface area contributed by atoms with Gasteiger partial charge in [0.05, 0.1) is 18.0 Å². The fourth-order valence-electron chi connectivity index (χ4n) is 2.31. The van der Waals surface area contributed by atoms with Crippen LogP contribution in [-0.4, -0.2) is 23.1 Å². The summed E-state index contributed by atoms with van der Waals surface area (Å²) >= 11 is 0. The molecule has 3 heteroatoms. The number of hydrogen-bond acceptors (Lipinski definition) is 3. The standard InChI is InChI=1S/C9H16N2O/c10-9-4-1-6-5-7(12)2-3-8(6)11-9/h6-8,12H,1-5H2,(H2,10,11)/t6-,7?,8+/m0/s1. The predicted octanol–water partition coefficient (Wildman–Crippen LogP) is 0.667. The number of aliphatic hydroxyl groups is 1. The molecule has 1 heterocycles. The van der Waals surface area contributed by atoms with E-state index in [9.17, 15) is 5.11 Å². The van der Waals surface area contributed by atoms with Gasteiger partial charge in [0.15, 0.2) is 0 Å². The van der Waals surface area contributed by atoms with Gasteiger partial charge in [-0.1, -0.05) is 0 Å². The van der Waals surface area contributed by atoms with Gasteiger partial charge in [0, 0.05) is 6.42 Å². The molecule has 0 aromatic rings. The second-order valence-electron chi connectivity index (χ2n) is 3.95. The summed E-state index contributed by atoms with van der Waals surface area (Å²) in [5.74, 6) is 1.41. The quantitative estimate of drug-likeness (QED) is 0.558. The van der Waals surface area contributed by atoms with Gasteiger partial charge in [0.2, 0.25) is 0 Å². The van der Waals surface area contributed by atoms with Crippen LogP contribution in [0.3, 0.4) is 0 Å². The molecule has 2 aliphatic rings. The zero-order valence-electron chi connectivity index (χ0n) is 7.24. The van der Waals surface area contributed by atoms with Gasteiger partial charge in [0.25, 0.3) is 0 Å². The topological polar surface area (TPSA) is 58.6 Å². The van der Waals surface area contributed by atoms with E-state index in [1.54, 1.807) is 0 Å². The van der Waals surface area contributed by atoms with Crippen molar-refractivity contribution in [3.63, 3.8) is 0 Å². The second kappa shape index (κ2) is 3.05. The van der Waals surface area contributed by atoms with Gasteiger partial charge >= 0.3 is 0 Å². The highest BCUT2D eigenvalue weighted by molar-refractivity contribution is 5.81. The molecular weight excluding hydrogens is 152 g/mol. The summed E-state index contributed by atoms with van der Waals surface area (Å²) in [6, 6.07) is 0.419. The molecule has 0 bridgehead atoms. The van der Waals surface area contributed by atoms with Gasteiger partial charge in [-0.2, -0.15) is 0 Å². The van der Waals surface area contributed by atoms with E-state index < -0.39 is 0 Å². The third kappa shape index (κ3) is 1.46. The zero-order chi connectivity index (χ0) is 8.55. The number of rotatable bonds is 0. The molecule has 2 rings (SSSR count). The van der Waals surface area contributed by atoms with Crippen molar-refractivity contribution in [3.8, 4) is 0 Å². The van der Waals surface area contributed by atoms with E-state index in [1.807, 2.05) is 0 Å². The summed E-state index contributed by atoms with van der Waals surface area (Å²) in [6.45, 7) is 0. The first-order valence-corrected chi connectivity index (χ1v) is 4.76. The molecule has 1 aliphatic carbocycles. The van der Waals surface area contributed by atoms with Gasteiger partial charge < -0.3 is 10.8 Å². The van der Waals surface area contributed by atoms with E-state index in [1.165, 1.54) is 0 Å². The minimum atomic E-state index is -0.0826. The molecule has 1 fully saturated rings. The Kier molecular flexibility index (Phi) is 2.05. The minimum Gasteiger partial charge on any atom is -0.393 e. The highest BCUT2D eigenvalue weighted by atomic mass is 16.3. The van der Waals surface area contributed by atoms with Gasteiger partial charge in [-0.15, -0.1) is 0 Å². The molecule has 0 saturated heterocycles. The average molecular weight is 168 g/mol. The Morgan fingerprint density at radius 1 is 1.33 bits per heavy atom. The number of aliphatic imine (C=N–C) groups is 1. The Morgan fingerprint density at radius 2 is 2.17 bits per heavy atom. The number of amidine groups is 1. The lowest BCUT2D eigenvalue weighted by molar-refractivity contribution is 0.0862. The van der Waals surface area contributed by atoms with Crippen molar-refractivity contribution < 1.29 is 5.11 Å². The first-order valence-electron chi connectivity index (χ1n) is 4.76. The van der Waals surface area contributed by atoms with Gasteiger partial charge in [-0.25, -0.2) is 0 Å². The lowest BCUT2D eigenvalue weighted by Gasteiger charge is -2.34. The van der Waals surface area contributed by atoms with Gasteiger partial charge in [-0.3, -0.25) is 4.99 Å². The number of nitrogens with zero attached hydrogens (tertiary/aromatic N) is 1.